The number of nitrogens with one attached hydrogen (secondary N) is 2. The summed E-state index contributed by atoms with van der Waals surface area (Å²) in [6, 6.07) is 9.63. The predicted molar refractivity (Wildman–Crippen MR) is 121 cm³/mol. The number of thiophene rings is 1. The SMILES string of the molecule is CC1CCCCC1NC(=O)COC(=O)c1c(-c2ccccc2)csc1NC(=O)C1CC1. The molecule has 1 aromatic heterocycles. The van der Waals surface area contributed by atoms with Crippen molar-refractivity contribution in [3.63, 3.8) is 0 Å². The van der Waals surface area contributed by atoms with Gasteiger partial charge in [-0.05, 0) is 37.2 Å². The van der Waals surface area contributed by atoms with E-state index in [1.165, 1.54) is 17.8 Å². The van der Waals surface area contributed by atoms with Crippen LogP contribution in [-0.4, -0.2) is 30.4 Å². The molecule has 0 bridgehead atoms. The van der Waals surface area contributed by atoms with E-state index in [2.05, 4.69) is 17.6 Å². The van der Waals surface area contributed by atoms with Crippen LogP contribution in [0.15, 0.2) is 35.7 Å². The molecule has 2 atom stereocenters. The van der Waals surface area contributed by atoms with Gasteiger partial charge in [-0.15, -0.1) is 11.3 Å². The number of carbonyl (C=O) groups excluding carboxylic acids is 3. The van der Waals surface area contributed by atoms with Gasteiger partial charge >= 0.3 is 5.97 Å². The number of esters is 1. The summed E-state index contributed by atoms with van der Waals surface area (Å²) in [4.78, 5) is 37.7. The summed E-state index contributed by atoms with van der Waals surface area (Å²) in [5.41, 5.74) is 1.87. The van der Waals surface area contributed by atoms with E-state index in [0.29, 0.717) is 22.0 Å². The Balaban J connectivity index is 1.46. The van der Waals surface area contributed by atoms with Crippen LogP contribution >= 0.6 is 11.3 Å². The molecular formula is C24H28N2O4S. The Labute approximate surface area is 186 Å². The van der Waals surface area contributed by atoms with Crippen molar-refractivity contribution in [3.05, 3.63) is 41.3 Å². The number of ether oxygens (including phenoxy) is 1. The van der Waals surface area contributed by atoms with Crippen molar-refractivity contribution in [3.8, 4) is 11.1 Å². The van der Waals surface area contributed by atoms with Crippen molar-refractivity contribution in [1.82, 2.24) is 5.32 Å². The van der Waals surface area contributed by atoms with Gasteiger partial charge in [0.05, 0.1) is 0 Å². The molecule has 2 saturated carbocycles. The summed E-state index contributed by atoms with van der Waals surface area (Å²) >= 11 is 1.30. The molecule has 2 amide bonds. The minimum atomic E-state index is -0.599. The molecule has 0 spiro atoms. The monoisotopic (exact) mass is 440 g/mol. The van der Waals surface area contributed by atoms with Gasteiger partial charge in [0, 0.05) is 22.9 Å². The van der Waals surface area contributed by atoms with E-state index < -0.39 is 5.97 Å². The lowest BCUT2D eigenvalue weighted by atomic mass is 9.86. The first-order chi connectivity index (χ1) is 15.0. The normalized spacial score (nSPS) is 20.7. The standard InChI is InChI=1S/C24H28N2O4S/c1-15-7-5-6-10-19(15)25-20(27)13-30-24(29)21-18(16-8-3-2-4-9-16)14-31-23(21)26-22(28)17-11-12-17/h2-4,8-9,14-15,17,19H,5-7,10-13H2,1H3,(H,25,27)(H,26,28). The molecule has 2 fully saturated rings. The summed E-state index contributed by atoms with van der Waals surface area (Å²) in [7, 11) is 0. The van der Waals surface area contributed by atoms with E-state index in [1.54, 1.807) is 0 Å². The predicted octanol–water partition coefficient (Wildman–Crippen LogP) is 4.62. The highest BCUT2D eigenvalue weighted by molar-refractivity contribution is 7.15. The van der Waals surface area contributed by atoms with Crippen LogP contribution in [0.1, 0.15) is 55.8 Å². The van der Waals surface area contributed by atoms with Crippen molar-refractivity contribution in [2.24, 2.45) is 11.8 Å². The lowest BCUT2D eigenvalue weighted by Crippen LogP contribution is -2.42. The second-order valence-electron chi connectivity index (χ2n) is 8.49. The fourth-order valence-electron chi connectivity index (χ4n) is 4.02. The van der Waals surface area contributed by atoms with Crippen LogP contribution in [0.2, 0.25) is 0 Å². The minimum absolute atomic E-state index is 0.0226. The van der Waals surface area contributed by atoms with Crippen LogP contribution in [0, 0.1) is 11.8 Å². The van der Waals surface area contributed by atoms with Crippen LogP contribution in [-0.2, 0) is 14.3 Å². The highest BCUT2D eigenvalue weighted by Gasteiger charge is 2.32. The number of amides is 2. The van der Waals surface area contributed by atoms with Crippen molar-refractivity contribution in [2.75, 3.05) is 11.9 Å². The Morgan fingerprint density at radius 3 is 2.52 bits per heavy atom. The molecular weight excluding hydrogens is 412 g/mol. The summed E-state index contributed by atoms with van der Waals surface area (Å²) in [6.07, 6.45) is 6.11. The molecule has 0 radical (unpaired) electrons. The third kappa shape index (κ3) is 5.34. The second-order valence-corrected chi connectivity index (χ2v) is 9.37. The van der Waals surface area contributed by atoms with E-state index in [-0.39, 0.29) is 30.4 Å². The number of benzene rings is 1. The molecule has 1 heterocycles. The molecule has 2 aromatic rings. The summed E-state index contributed by atoms with van der Waals surface area (Å²) in [6.45, 7) is 1.81. The molecule has 0 saturated heterocycles. The maximum atomic E-state index is 13.0. The molecule has 164 valence electrons. The molecule has 7 heteroatoms. The van der Waals surface area contributed by atoms with Crippen molar-refractivity contribution < 1.29 is 19.1 Å². The lowest BCUT2D eigenvalue weighted by Gasteiger charge is -2.29. The number of hydrogen-bond acceptors (Lipinski definition) is 5. The third-order valence-electron chi connectivity index (χ3n) is 6.06. The van der Waals surface area contributed by atoms with E-state index in [9.17, 15) is 14.4 Å². The van der Waals surface area contributed by atoms with E-state index in [0.717, 1.165) is 37.7 Å². The summed E-state index contributed by atoms with van der Waals surface area (Å²) in [5.74, 6) is -0.502. The zero-order chi connectivity index (χ0) is 21.8. The fraction of sp³-hybridized carbons (Fsp3) is 0.458. The number of anilines is 1. The highest BCUT2D eigenvalue weighted by Crippen LogP contribution is 2.38. The second kappa shape index (κ2) is 9.64. The zero-order valence-electron chi connectivity index (χ0n) is 17.7. The minimum Gasteiger partial charge on any atom is -0.452 e. The topological polar surface area (TPSA) is 84.5 Å². The van der Waals surface area contributed by atoms with Crippen molar-refractivity contribution >= 4 is 34.1 Å². The van der Waals surface area contributed by atoms with Gasteiger partial charge in [-0.3, -0.25) is 9.59 Å². The lowest BCUT2D eigenvalue weighted by molar-refractivity contribution is -0.125. The first-order valence-corrected chi connectivity index (χ1v) is 11.8. The fourth-order valence-corrected chi connectivity index (χ4v) is 4.98. The van der Waals surface area contributed by atoms with Gasteiger partial charge in [-0.1, -0.05) is 50.1 Å². The quantitative estimate of drug-likeness (QED) is 0.616. The molecule has 2 aliphatic carbocycles. The largest absolute Gasteiger partial charge is 0.452 e. The van der Waals surface area contributed by atoms with E-state index in [1.807, 2.05) is 35.7 Å². The molecule has 1 aromatic carbocycles. The third-order valence-corrected chi connectivity index (χ3v) is 6.95. The Morgan fingerprint density at radius 2 is 1.81 bits per heavy atom. The number of carbonyl (C=O) groups is 3. The molecule has 2 N–H and O–H groups in total. The van der Waals surface area contributed by atoms with Crippen molar-refractivity contribution in [1.29, 1.82) is 0 Å². The Bertz CT molecular complexity index is 952. The van der Waals surface area contributed by atoms with E-state index in [4.69, 9.17) is 4.74 Å². The molecule has 2 unspecified atom stereocenters. The van der Waals surface area contributed by atoms with Crippen LogP contribution in [0.5, 0.6) is 0 Å². The Hall–Kier alpha value is -2.67. The molecule has 4 rings (SSSR count). The van der Waals surface area contributed by atoms with Gasteiger partial charge in [-0.2, -0.15) is 0 Å². The first kappa shape index (κ1) is 21.6. The van der Waals surface area contributed by atoms with Crippen LogP contribution in [0.25, 0.3) is 11.1 Å². The van der Waals surface area contributed by atoms with Gasteiger partial charge in [0.25, 0.3) is 5.91 Å². The van der Waals surface area contributed by atoms with Crippen LogP contribution < -0.4 is 10.6 Å². The maximum Gasteiger partial charge on any atom is 0.342 e. The van der Waals surface area contributed by atoms with Gasteiger partial charge in [0.1, 0.15) is 10.6 Å². The molecule has 31 heavy (non-hydrogen) atoms. The Morgan fingerprint density at radius 1 is 1.06 bits per heavy atom. The van der Waals surface area contributed by atoms with Gasteiger partial charge in [0.15, 0.2) is 6.61 Å². The van der Waals surface area contributed by atoms with Gasteiger partial charge in [-0.25, -0.2) is 4.79 Å². The van der Waals surface area contributed by atoms with Crippen LogP contribution in [0.4, 0.5) is 5.00 Å². The van der Waals surface area contributed by atoms with Gasteiger partial charge < -0.3 is 15.4 Å². The smallest absolute Gasteiger partial charge is 0.342 e. The maximum absolute atomic E-state index is 13.0. The first-order valence-electron chi connectivity index (χ1n) is 11.0. The van der Waals surface area contributed by atoms with E-state index >= 15 is 0 Å². The molecule has 6 nitrogen and oxygen atoms in total. The highest BCUT2D eigenvalue weighted by atomic mass is 32.1. The Kier molecular flexibility index (Phi) is 6.70. The summed E-state index contributed by atoms with van der Waals surface area (Å²) < 4.78 is 5.39. The van der Waals surface area contributed by atoms with Crippen LogP contribution in [0.3, 0.4) is 0 Å². The van der Waals surface area contributed by atoms with Gasteiger partial charge in [0.2, 0.25) is 5.91 Å². The summed E-state index contributed by atoms with van der Waals surface area (Å²) in [5, 5.41) is 8.20. The number of rotatable bonds is 7. The van der Waals surface area contributed by atoms with Crippen molar-refractivity contribution in [2.45, 2.75) is 51.5 Å². The molecule has 2 aliphatic rings. The molecule has 0 aliphatic heterocycles. The average molecular weight is 441 g/mol. The average Bonchev–Trinajstić information content (AvgIpc) is 3.55. The number of hydrogen-bond donors (Lipinski definition) is 2. The zero-order valence-corrected chi connectivity index (χ0v) is 18.5.